The van der Waals surface area contributed by atoms with Gasteiger partial charge in [0.2, 0.25) is 0 Å². The Morgan fingerprint density at radius 1 is 0.311 bits per heavy atom. The third-order valence-corrected chi connectivity index (χ3v) is 12.2. The van der Waals surface area contributed by atoms with Gasteiger partial charge in [-0.1, -0.05) is 36.4 Å². The number of hydrogen-bond acceptors (Lipinski definition) is 24. The molecule has 0 amide bonds. The molecule has 0 fully saturated rings. The fourth-order valence-electron chi connectivity index (χ4n) is 7.73. The Bertz CT molecular complexity index is 2250. The number of ether oxygens (including phenoxy) is 20. The molecule has 0 unspecified atom stereocenters. The van der Waals surface area contributed by atoms with Crippen molar-refractivity contribution in [3.05, 3.63) is 83.9 Å². The second kappa shape index (κ2) is 56.9. The first-order valence-electron chi connectivity index (χ1n) is 29.8. The molecule has 0 aliphatic heterocycles. The first-order chi connectivity index (χ1) is 43.5. The van der Waals surface area contributed by atoms with Gasteiger partial charge in [0.15, 0.2) is 23.0 Å². The molecule has 0 bridgehead atoms. The van der Waals surface area contributed by atoms with Crippen molar-refractivity contribution in [2.45, 2.75) is 0 Å². The van der Waals surface area contributed by atoms with Crippen molar-refractivity contribution in [1.29, 1.82) is 0 Å². The standard InChI is InChI=1S/C64H96N2O22.ClH.Mn/c1-69-15-17-73-19-21-75-23-25-77-27-29-79-31-33-81-35-37-83-39-41-85-43-45-87-59-11-7-5-9-57(59)53-47-55(63(67)61(49-53)71-3)51-65-13-14-66-52-56-48-54(50-62(72-4)64(56)68)58-10-6-8-12-60(58)88-46-44-86-42-40-84-38-36-82-34-32-80-30-28-78-26-24-76-22-20-74-18-16-70-2;;/h5-12,47-52,67-68H,13-46H2,1-4H3;1H;/q;;+2/p-1. The fourth-order valence-corrected chi connectivity index (χ4v) is 7.73. The number of nitrogens with zero attached hydrogens (tertiary/aromatic N) is 2. The maximum Gasteiger partial charge on any atom is 2.00 e. The Labute approximate surface area is 548 Å². The summed E-state index contributed by atoms with van der Waals surface area (Å²) < 4.78 is 111. The van der Waals surface area contributed by atoms with Crippen molar-refractivity contribution < 1.29 is 134 Å². The van der Waals surface area contributed by atoms with Crippen molar-refractivity contribution in [3.8, 4) is 56.8 Å². The van der Waals surface area contributed by atoms with E-state index in [0.717, 1.165) is 22.3 Å². The summed E-state index contributed by atoms with van der Waals surface area (Å²) in [5.74, 6) is 1.72. The first kappa shape index (κ1) is 81.3. The maximum atomic E-state index is 11.1. The number of aliphatic imine (C=N–C) groups is 2. The van der Waals surface area contributed by atoms with Gasteiger partial charge in [-0.3, -0.25) is 9.98 Å². The molecule has 507 valence electrons. The molecule has 1 radical (unpaired) electrons. The van der Waals surface area contributed by atoms with Crippen molar-refractivity contribution in [2.24, 2.45) is 9.98 Å². The van der Waals surface area contributed by atoms with E-state index in [2.05, 4.69) is 9.98 Å². The zero-order valence-corrected chi connectivity index (χ0v) is 54.8. The molecule has 24 nitrogen and oxygen atoms in total. The van der Waals surface area contributed by atoms with E-state index in [1.807, 2.05) is 60.7 Å². The smallest absolute Gasteiger partial charge is 1.00 e. The van der Waals surface area contributed by atoms with E-state index < -0.39 is 0 Å². The summed E-state index contributed by atoms with van der Waals surface area (Å²) in [6.07, 6.45) is 3.16. The van der Waals surface area contributed by atoms with Crippen LogP contribution in [-0.4, -0.2) is 276 Å². The minimum atomic E-state index is -0.0543. The molecule has 0 saturated carbocycles. The third-order valence-electron chi connectivity index (χ3n) is 12.2. The van der Waals surface area contributed by atoms with Gasteiger partial charge in [-0.15, -0.1) is 0 Å². The molecule has 26 heteroatoms. The van der Waals surface area contributed by atoms with Gasteiger partial charge in [-0.2, -0.15) is 0 Å². The summed E-state index contributed by atoms with van der Waals surface area (Å²) in [7, 11) is 6.27. The average Bonchev–Trinajstić information content (AvgIpc) is 1.36. The number of aromatic hydroxyl groups is 2. The Hall–Kier alpha value is -4.81. The van der Waals surface area contributed by atoms with Crippen LogP contribution in [0.25, 0.3) is 22.3 Å². The Kier molecular flexibility index (Phi) is 51.4. The molecule has 90 heavy (non-hydrogen) atoms. The summed E-state index contributed by atoms with van der Waals surface area (Å²) in [4.78, 5) is 9.11. The first-order valence-corrected chi connectivity index (χ1v) is 29.8. The van der Waals surface area contributed by atoms with Gasteiger partial charge in [-0.05, 0) is 47.5 Å². The van der Waals surface area contributed by atoms with E-state index in [0.29, 0.717) is 234 Å². The Balaban J connectivity index is 0.0000138. The van der Waals surface area contributed by atoms with E-state index in [1.165, 1.54) is 14.2 Å². The third kappa shape index (κ3) is 37.6. The SMILES string of the molecule is COCCOCCOCCOCCOCCOCCOCCOCCOc1ccccc1-c1cc(C=NCCN=Cc2cc(-c3ccccc3OCCOCCOCCOCCOCCOCCOCCOCCOC)cc(OC)c2O)c(O)c(OC)c1.[Cl-].[Mn+2]. The predicted octanol–water partition coefficient (Wildman–Crippen LogP) is 3.27. The second-order valence-corrected chi connectivity index (χ2v) is 18.6. The molecule has 0 spiro atoms. The quantitative estimate of drug-likeness (QED) is 0.0366. The normalized spacial score (nSPS) is 11.4. The van der Waals surface area contributed by atoms with Gasteiger partial charge in [0.05, 0.1) is 226 Å². The van der Waals surface area contributed by atoms with E-state index in [9.17, 15) is 10.2 Å². The van der Waals surface area contributed by atoms with Crippen LogP contribution in [0.1, 0.15) is 11.1 Å². The van der Waals surface area contributed by atoms with Gasteiger partial charge in [0.25, 0.3) is 0 Å². The molecule has 0 heterocycles. The molecule has 4 aromatic carbocycles. The number of phenols is 2. The monoisotopic (exact) mass is 1330 g/mol. The fraction of sp³-hybridized carbons (Fsp3) is 0.594. The van der Waals surface area contributed by atoms with Crippen LogP contribution in [0.5, 0.6) is 34.5 Å². The van der Waals surface area contributed by atoms with Crippen LogP contribution < -0.4 is 31.4 Å². The zero-order valence-electron chi connectivity index (χ0n) is 52.8. The molecule has 4 rings (SSSR count). The summed E-state index contributed by atoms with van der Waals surface area (Å²) >= 11 is 0. The van der Waals surface area contributed by atoms with Gasteiger partial charge >= 0.3 is 17.1 Å². The van der Waals surface area contributed by atoms with Gasteiger partial charge in [0, 0.05) is 48.9 Å². The molecule has 0 aliphatic carbocycles. The van der Waals surface area contributed by atoms with Crippen LogP contribution in [-0.2, 0) is 92.9 Å². The topological polar surface area (TPSA) is 250 Å². The number of benzene rings is 4. The van der Waals surface area contributed by atoms with Crippen molar-refractivity contribution >= 4 is 12.4 Å². The summed E-state index contributed by atoms with van der Waals surface area (Å²) in [6.45, 7) is 15.5. The van der Waals surface area contributed by atoms with Crippen LogP contribution in [0.15, 0.2) is 82.8 Å². The summed E-state index contributed by atoms with van der Waals surface area (Å²) in [6, 6.07) is 22.4. The number of halogens is 1. The molecule has 4 aromatic rings. The van der Waals surface area contributed by atoms with Crippen molar-refractivity contribution in [2.75, 3.05) is 253 Å². The minimum Gasteiger partial charge on any atom is -1.00 e. The van der Waals surface area contributed by atoms with Crippen LogP contribution >= 0.6 is 0 Å². The number of hydrogen-bond donors (Lipinski definition) is 2. The van der Waals surface area contributed by atoms with Gasteiger partial charge in [-0.25, -0.2) is 0 Å². The Morgan fingerprint density at radius 2 is 0.544 bits per heavy atom. The molecule has 0 aromatic heterocycles. The van der Waals surface area contributed by atoms with E-state index in [1.54, 1.807) is 38.8 Å². The maximum absolute atomic E-state index is 11.1. The summed E-state index contributed by atoms with van der Waals surface area (Å²) in [5, 5.41) is 22.2. The van der Waals surface area contributed by atoms with Crippen LogP contribution in [0.2, 0.25) is 0 Å². The number of para-hydroxylation sites is 2. The van der Waals surface area contributed by atoms with Crippen LogP contribution in [0.4, 0.5) is 0 Å². The van der Waals surface area contributed by atoms with Crippen LogP contribution in [0, 0.1) is 0 Å². The molecular weight excluding hydrogens is 1240 g/mol. The average molecular weight is 1340 g/mol. The molecular formula is C64H96ClMnN2O22+. The molecule has 0 saturated heterocycles. The van der Waals surface area contributed by atoms with E-state index in [-0.39, 0.29) is 65.6 Å². The molecule has 2 N–H and O–H groups in total. The largest absolute Gasteiger partial charge is 2.00 e. The van der Waals surface area contributed by atoms with Crippen LogP contribution in [0.3, 0.4) is 0 Å². The number of phenolic OH excluding ortho intramolecular Hbond substituents is 2. The number of methoxy groups -OCH3 is 4. The van der Waals surface area contributed by atoms with E-state index >= 15 is 0 Å². The van der Waals surface area contributed by atoms with Crippen molar-refractivity contribution in [3.63, 3.8) is 0 Å². The van der Waals surface area contributed by atoms with E-state index in [4.69, 9.17) is 94.7 Å². The van der Waals surface area contributed by atoms with Gasteiger partial charge in [0.1, 0.15) is 24.7 Å². The van der Waals surface area contributed by atoms with Gasteiger partial charge < -0.3 is 117 Å². The second-order valence-electron chi connectivity index (χ2n) is 18.6. The number of rotatable bonds is 59. The van der Waals surface area contributed by atoms with Crippen molar-refractivity contribution in [1.82, 2.24) is 0 Å². The molecule has 0 atom stereocenters. The molecule has 0 aliphatic rings. The Morgan fingerprint density at radius 3 is 0.789 bits per heavy atom. The summed E-state index contributed by atoms with van der Waals surface area (Å²) in [5.41, 5.74) is 4.01. The zero-order chi connectivity index (χ0) is 62.4. The minimum absolute atomic E-state index is 0. The predicted molar refractivity (Wildman–Crippen MR) is 331 cm³/mol.